The van der Waals surface area contributed by atoms with Gasteiger partial charge in [-0.2, -0.15) is 0 Å². The van der Waals surface area contributed by atoms with E-state index in [9.17, 15) is 8.42 Å². The Hall–Kier alpha value is -0.620. The smallest absolute Gasteiger partial charge is 0.242 e. The second-order valence-corrected chi connectivity index (χ2v) is 6.31. The van der Waals surface area contributed by atoms with Gasteiger partial charge in [0.15, 0.2) is 0 Å². The predicted molar refractivity (Wildman–Crippen MR) is 67.4 cm³/mol. The standard InChI is InChI=1S/C11H16ClNO3S/c1-8(2)6-13-17(15,16)11-5-9(7-14)3-4-10(11)12/h3-5,8,13-14H,6-7H2,1-2H3. The topological polar surface area (TPSA) is 66.4 Å². The summed E-state index contributed by atoms with van der Waals surface area (Å²) in [6.07, 6.45) is 0. The van der Waals surface area contributed by atoms with Crippen molar-refractivity contribution in [2.75, 3.05) is 6.54 Å². The van der Waals surface area contributed by atoms with Crippen LogP contribution in [0.4, 0.5) is 0 Å². The first-order valence-electron chi connectivity index (χ1n) is 5.25. The number of aliphatic hydroxyl groups excluding tert-OH is 1. The van der Waals surface area contributed by atoms with Gasteiger partial charge in [-0.25, -0.2) is 13.1 Å². The summed E-state index contributed by atoms with van der Waals surface area (Å²) < 4.78 is 26.4. The van der Waals surface area contributed by atoms with E-state index < -0.39 is 10.0 Å². The molecule has 0 fully saturated rings. The fourth-order valence-electron chi connectivity index (χ4n) is 1.21. The van der Waals surface area contributed by atoms with Crippen LogP contribution in [0.1, 0.15) is 19.4 Å². The Kier molecular flexibility index (Phi) is 4.94. The number of hydrogen-bond donors (Lipinski definition) is 2. The van der Waals surface area contributed by atoms with Crippen LogP contribution >= 0.6 is 11.6 Å². The second-order valence-electron chi connectivity index (χ2n) is 4.17. The maximum Gasteiger partial charge on any atom is 0.242 e. The first kappa shape index (κ1) is 14.4. The van der Waals surface area contributed by atoms with Crippen molar-refractivity contribution in [2.24, 2.45) is 5.92 Å². The van der Waals surface area contributed by atoms with E-state index in [-0.39, 0.29) is 22.4 Å². The number of sulfonamides is 1. The number of aliphatic hydroxyl groups is 1. The van der Waals surface area contributed by atoms with E-state index in [1.807, 2.05) is 13.8 Å². The Morgan fingerprint density at radius 3 is 2.59 bits per heavy atom. The van der Waals surface area contributed by atoms with Crippen LogP contribution in [-0.2, 0) is 16.6 Å². The van der Waals surface area contributed by atoms with Crippen LogP contribution in [0.5, 0.6) is 0 Å². The Bertz CT molecular complexity index is 485. The minimum Gasteiger partial charge on any atom is -0.392 e. The zero-order valence-corrected chi connectivity index (χ0v) is 11.3. The van der Waals surface area contributed by atoms with Crippen molar-refractivity contribution >= 4 is 21.6 Å². The normalized spacial score (nSPS) is 12.1. The fourth-order valence-corrected chi connectivity index (χ4v) is 2.97. The van der Waals surface area contributed by atoms with Crippen molar-refractivity contribution in [3.8, 4) is 0 Å². The summed E-state index contributed by atoms with van der Waals surface area (Å²) >= 11 is 5.85. The minimum atomic E-state index is -3.61. The molecule has 2 N–H and O–H groups in total. The van der Waals surface area contributed by atoms with Crippen LogP contribution < -0.4 is 4.72 Å². The molecule has 4 nitrogen and oxygen atoms in total. The highest BCUT2D eigenvalue weighted by molar-refractivity contribution is 7.89. The molecule has 0 aliphatic heterocycles. The van der Waals surface area contributed by atoms with E-state index >= 15 is 0 Å². The van der Waals surface area contributed by atoms with Gasteiger partial charge in [-0.05, 0) is 23.6 Å². The number of rotatable bonds is 5. The van der Waals surface area contributed by atoms with E-state index in [0.29, 0.717) is 12.1 Å². The first-order valence-corrected chi connectivity index (χ1v) is 7.12. The number of benzene rings is 1. The summed E-state index contributed by atoms with van der Waals surface area (Å²) in [5, 5.41) is 9.13. The third kappa shape index (κ3) is 3.96. The molecule has 1 aromatic carbocycles. The zero-order valence-electron chi connectivity index (χ0n) is 9.77. The van der Waals surface area contributed by atoms with Crippen molar-refractivity contribution in [3.63, 3.8) is 0 Å². The molecule has 0 saturated heterocycles. The molecule has 6 heteroatoms. The average Bonchev–Trinajstić information content (AvgIpc) is 2.27. The molecule has 96 valence electrons. The van der Waals surface area contributed by atoms with Crippen LogP contribution in [0, 0.1) is 5.92 Å². The minimum absolute atomic E-state index is 0.00590. The molecule has 1 rings (SSSR count). The van der Waals surface area contributed by atoms with Crippen molar-refractivity contribution in [2.45, 2.75) is 25.3 Å². The summed E-state index contributed by atoms with van der Waals surface area (Å²) in [6, 6.07) is 4.44. The Balaban J connectivity index is 3.05. The molecule has 0 saturated carbocycles. The molecule has 0 unspecified atom stereocenters. The molecule has 0 amide bonds. The van der Waals surface area contributed by atoms with Gasteiger partial charge in [0, 0.05) is 6.54 Å². The highest BCUT2D eigenvalue weighted by Crippen LogP contribution is 2.22. The maximum atomic E-state index is 11.9. The lowest BCUT2D eigenvalue weighted by molar-refractivity contribution is 0.281. The van der Waals surface area contributed by atoms with Crippen molar-refractivity contribution < 1.29 is 13.5 Å². The monoisotopic (exact) mass is 277 g/mol. The van der Waals surface area contributed by atoms with E-state index in [4.69, 9.17) is 16.7 Å². The van der Waals surface area contributed by atoms with Crippen molar-refractivity contribution in [1.29, 1.82) is 0 Å². The van der Waals surface area contributed by atoms with Crippen LogP contribution in [0.3, 0.4) is 0 Å². The third-order valence-corrected chi connectivity index (χ3v) is 4.05. The predicted octanol–water partition coefficient (Wildman–Crippen LogP) is 1.77. The average molecular weight is 278 g/mol. The third-order valence-electron chi connectivity index (χ3n) is 2.15. The van der Waals surface area contributed by atoms with Gasteiger partial charge in [0.25, 0.3) is 0 Å². The second kappa shape index (κ2) is 5.82. The van der Waals surface area contributed by atoms with Gasteiger partial charge in [0.2, 0.25) is 10.0 Å². The van der Waals surface area contributed by atoms with Crippen molar-refractivity contribution in [3.05, 3.63) is 28.8 Å². The van der Waals surface area contributed by atoms with E-state index in [2.05, 4.69) is 4.72 Å². The summed E-state index contributed by atoms with van der Waals surface area (Å²) in [5.74, 6) is 0.213. The molecule has 0 atom stereocenters. The van der Waals surface area contributed by atoms with E-state index in [1.165, 1.54) is 12.1 Å². The van der Waals surface area contributed by atoms with Gasteiger partial charge in [0.1, 0.15) is 4.90 Å². The highest BCUT2D eigenvalue weighted by Gasteiger charge is 2.18. The summed E-state index contributed by atoms with van der Waals surface area (Å²) in [4.78, 5) is 0.00590. The van der Waals surface area contributed by atoms with Gasteiger partial charge in [-0.1, -0.05) is 31.5 Å². The molecular formula is C11H16ClNO3S. The summed E-state index contributed by atoms with van der Waals surface area (Å²) in [7, 11) is -3.61. The van der Waals surface area contributed by atoms with Gasteiger partial charge in [-0.3, -0.25) is 0 Å². The quantitative estimate of drug-likeness (QED) is 0.862. The highest BCUT2D eigenvalue weighted by atomic mass is 35.5. The van der Waals surface area contributed by atoms with Crippen LogP contribution in [-0.4, -0.2) is 20.1 Å². The first-order chi connectivity index (χ1) is 7.86. The Morgan fingerprint density at radius 2 is 2.06 bits per heavy atom. The molecule has 0 heterocycles. The van der Waals surface area contributed by atoms with Crippen LogP contribution in [0.15, 0.2) is 23.1 Å². The summed E-state index contributed by atoms with van der Waals surface area (Å²) in [6.45, 7) is 3.95. The fraction of sp³-hybridized carbons (Fsp3) is 0.455. The largest absolute Gasteiger partial charge is 0.392 e. The van der Waals surface area contributed by atoms with Crippen LogP contribution in [0.2, 0.25) is 5.02 Å². The summed E-state index contributed by atoms with van der Waals surface area (Å²) in [5.41, 5.74) is 0.513. The van der Waals surface area contributed by atoms with Gasteiger partial charge >= 0.3 is 0 Å². The lowest BCUT2D eigenvalue weighted by Gasteiger charge is -2.11. The molecule has 0 aromatic heterocycles. The lowest BCUT2D eigenvalue weighted by Crippen LogP contribution is -2.27. The van der Waals surface area contributed by atoms with Crippen LogP contribution in [0.25, 0.3) is 0 Å². The molecule has 0 radical (unpaired) electrons. The number of halogens is 1. The molecule has 0 bridgehead atoms. The Labute approximate surface area is 107 Å². The van der Waals surface area contributed by atoms with Gasteiger partial charge in [0.05, 0.1) is 11.6 Å². The van der Waals surface area contributed by atoms with Gasteiger partial charge in [-0.15, -0.1) is 0 Å². The lowest BCUT2D eigenvalue weighted by atomic mass is 10.2. The number of nitrogens with one attached hydrogen (secondary N) is 1. The van der Waals surface area contributed by atoms with Crippen molar-refractivity contribution in [1.82, 2.24) is 4.72 Å². The molecule has 0 spiro atoms. The molecular weight excluding hydrogens is 262 g/mol. The molecule has 17 heavy (non-hydrogen) atoms. The Morgan fingerprint density at radius 1 is 1.41 bits per heavy atom. The molecule has 1 aromatic rings. The molecule has 0 aliphatic rings. The SMILES string of the molecule is CC(C)CNS(=O)(=O)c1cc(CO)ccc1Cl. The zero-order chi connectivity index (χ0) is 13.1. The number of hydrogen-bond acceptors (Lipinski definition) is 3. The van der Waals surface area contributed by atoms with E-state index in [1.54, 1.807) is 6.07 Å². The van der Waals surface area contributed by atoms with E-state index in [0.717, 1.165) is 0 Å². The molecule has 0 aliphatic carbocycles. The maximum absolute atomic E-state index is 11.9. The van der Waals surface area contributed by atoms with Gasteiger partial charge < -0.3 is 5.11 Å².